The Balaban J connectivity index is 1.98. The Kier molecular flexibility index (Phi) is 5.07. The van der Waals surface area contributed by atoms with Crippen molar-refractivity contribution in [1.29, 1.82) is 5.26 Å². The molecule has 0 aliphatic heterocycles. The molecule has 15 heavy (non-hydrogen) atoms. The van der Waals surface area contributed by atoms with E-state index in [-0.39, 0.29) is 5.54 Å². The molecule has 0 saturated heterocycles. The van der Waals surface area contributed by atoms with Crippen molar-refractivity contribution < 1.29 is 4.74 Å². The zero-order valence-electron chi connectivity index (χ0n) is 9.88. The topological polar surface area (TPSA) is 45.0 Å². The van der Waals surface area contributed by atoms with E-state index < -0.39 is 0 Å². The van der Waals surface area contributed by atoms with Crippen LogP contribution in [-0.4, -0.2) is 25.3 Å². The third kappa shape index (κ3) is 4.19. The summed E-state index contributed by atoms with van der Waals surface area (Å²) in [5, 5.41) is 12.0. The van der Waals surface area contributed by atoms with Crippen molar-refractivity contribution in [3.8, 4) is 6.07 Å². The molecule has 0 radical (unpaired) electrons. The van der Waals surface area contributed by atoms with Crippen molar-refractivity contribution in [1.82, 2.24) is 5.32 Å². The molecule has 3 nitrogen and oxygen atoms in total. The van der Waals surface area contributed by atoms with Gasteiger partial charge in [-0.05, 0) is 52.5 Å². The van der Waals surface area contributed by atoms with E-state index >= 15 is 0 Å². The van der Waals surface area contributed by atoms with E-state index in [1.54, 1.807) is 0 Å². The van der Waals surface area contributed by atoms with Gasteiger partial charge < -0.3 is 10.1 Å². The summed E-state index contributed by atoms with van der Waals surface area (Å²) in [5.41, 5.74) is -0.365. The fourth-order valence-electron chi connectivity index (χ4n) is 1.60. The zero-order chi connectivity index (χ0) is 11.1. The molecule has 1 saturated carbocycles. The summed E-state index contributed by atoms with van der Waals surface area (Å²) in [6, 6.07) is 2.30. The van der Waals surface area contributed by atoms with Gasteiger partial charge in [0, 0.05) is 6.61 Å². The first kappa shape index (κ1) is 12.5. The maximum Gasteiger partial charge on any atom is 0.103 e. The highest BCUT2D eigenvalue weighted by Gasteiger charge is 2.20. The summed E-state index contributed by atoms with van der Waals surface area (Å²) in [7, 11) is 1.84. The van der Waals surface area contributed by atoms with Gasteiger partial charge in [-0.2, -0.15) is 5.26 Å². The fraction of sp³-hybridized carbons (Fsp3) is 0.917. The van der Waals surface area contributed by atoms with Crippen LogP contribution in [0.15, 0.2) is 0 Å². The second kappa shape index (κ2) is 6.09. The lowest BCUT2D eigenvalue weighted by atomic mass is 9.96. The van der Waals surface area contributed by atoms with Gasteiger partial charge in [-0.1, -0.05) is 0 Å². The van der Waals surface area contributed by atoms with Crippen LogP contribution >= 0.6 is 0 Å². The molecule has 3 heteroatoms. The number of ether oxygens (including phenoxy) is 1. The van der Waals surface area contributed by atoms with E-state index in [2.05, 4.69) is 11.4 Å². The molecular formula is C12H22N2O. The highest BCUT2D eigenvalue weighted by atomic mass is 16.5. The van der Waals surface area contributed by atoms with E-state index in [9.17, 15) is 0 Å². The highest BCUT2D eigenvalue weighted by molar-refractivity contribution is 5.02. The molecule has 0 amide bonds. The number of unbranched alkanes of at least 4 members (excludes halogenated alkanes) is 1. The molecule has 0 aromatic carbocycles. The smallest absolute Gasteiger partial charge is 0.103 e. The number of nitrogens with zero attached hydrogens (tertiary/aromatic N) is 1. The number of nitrogens with one attached hydrogen (secondary N) is 1. The maximum atomic E-state index is 8.93. The van der Waals surface area contributed by atoms with Crippen LogP contribution in [0.3, 0.4) is 0 Å². The first-order chi connectivity index (χ1) is 7.20. The zero-order valence-corrected chi connectivity index (χ0v) is 9.88. The van der Waals surface area contributed by atoms with Crippen LogP contribution in [0.4, 0.5) is 0 Å². The Labute approximate surface area is 92.8 Å². The molecule has 1 fully saturated rings. The monoisotopic (exact) mass is 210 g/mol. The van der Waals surface area contributed by atoms with Crippen LogP contribution in [0.5, 0.6) is 0 Å². The molecule has 1 aliphatic rings. The quantitative estimate of drug-likeness (QED) is 0.655. The molecule has 0 bridgehead atoms. The minimum Gasteiger partial charge on any atom is -0.378 e. The van der Waals surface area contributed by atoms with Gasteiger partial charge in [0.1, 0.15) is 5.54 Å². The molecule has 0 spiro atoms. The summed E-state index contributed by atoms with van der Waals surface area (Å²) in [4.78, 5) is 0. The van der Waals surface area contributed by atoms with Crippen LogP contribution < -0.4 is 5.32 Å². The lowest BCUT2D eigenvalue weighted by Crippen LogP contribution is -2.37. The molecule has 0 heterocycles. The van der Waals surface area contributed by atoms with Gasteiger partial charge >= 0.3 is 0 Å². The second-order valence-corrected chi connectivity index (χ2v) is 4.57. The minimum absolute atomic E-state index is 0.365. The number of hydrogen-bond donors (Lipinski definition) is 1. The molecule has 86 valence electrons. The van der Waals surface area contributed by atoms with E-state index in [0.29, 0.717) is 6.10 Å². The number of hydrogen-bond acceptors (Lipinski definition) is 3. The van der Waals surface area contributed by atoms with Gasteiger partial charge in [-0.15, -0.1) is 0 Å². The van der Waals surface area contributed by atoms with Gasteiger partial charge in [0.15, 0.2) is 0 Å². The SMILES string of the molecule is CNC(C)(C#N)CCCCOC1CCC1. The van der Waals surface area contributed by atoms with Crippen LogP contribution in [0, 0.1) is 11.3 Å². The van der Waals surface area contributed by atoms with Crippen LogP contribution in [0.1, 0.15) is 45.4 Å². The first-order valence-corrected chi connectivity index (χ1v) is 5.92. The largest absolute Gasteiger partial charge is 0.378 e. The lowest BCUT2D eigenvalue weighted by Gasteiger charge is -2.26. The summed E-state index contributed by atoms with van der Waals surface area (Å²) < 4.78 is 5.66. The molecule has 0 aromatic heterocycles. The number of rotatable bonds is 7. The maximum absolute atomic E-state index is 8.93. The third-order valence-corrected chi connectivity index (χ3v) is 3.28. The Bertz CT molecular complexity index is 220. The summed E-state index contributed by atoms with van der Waals surface area (Å²) in [6.45, 7) is 2.80. The van der Waals surface area contributed by atoms with Crippen molar-refractivity contribution in [2.45, 2.75) is 57.1 Å². The van der Waals surface area contributed by atoms with Crippen molar-refractivity contribution in [3.05, 3.63) is 0 Å². The van der Waals surface area contributed by atoms with Crippen molar-refractivity contribution >= 4 is 0 Å². The summed E-state index contributed by atoms with van der Waals surface area (Å²) >= 11 is 0. The molecular weight excluding hydrogens is 188 g/mol. The van der Waals surface area contributed by atoms with E-state index in [1.165, 1.54) is 19.3 Å². The van der Waals surface area contributed by atoms with Crippen LogP contribution in [-0.2, 0) is 4.74 Å². The van der Waals surface area contributed by atoms with Gasteiger partial charge in [-0.3, -0.25) is 0 Å². The van der Waals surface area contributed by atoms with Crippen LogP contribution in [0.2, 0.25) is 0 Å². The van der Waals surface area contributed by atoms with Gasteiger partial charge in [0.2, 0.25) is 0 Å². The van der Waals surface area contributed by atoms with Gasteiger partial charge in [0.25, 0.3) is 0 Å². The Morgan fingerprint density at radius 1 is 1.47 bits per heavy atom. The molecule has 1 atom stereocenters. The molecule has 1 rings (SSSR count). The first-order valence-electron chi connectivity index (χ1n) is 5.92. The molecule has 1 aliphatic carbocycles. The predicted molar refractivity (Wildman–Crippen MR) is 60.5 cm³/mol. The van der Waals surface area contributed by atoms with Crippen LogP contribution in [0.25, 0.3) is 0 Å². The van der Waals surface area contributed by atoms with E-state index in [0.717, 1.165) is 25.9 Å². The number of nitriles is 1. The second-order valence-electron chi connectivity index (χ2n) is 4.57. The average Bonchev–Trinajstić information content (AvgIpc) is 2.20. The molecule has 1 N–H and O–H groups in total. The summed E-state index contributed by atoms with van der Waals surface area (Å²) in [5.74, 6) is 0. The normalized spacial score (nSPS) is 20.3. The lowest BCUT2D eigenvalue weighted by molar-refractivity contribution is 0.000355. The minimum atomic E-state index is -0.365. The summed E-state index contributed by atoms with van der Waals surface area (Å²) in [6.07, 6.45) is 7.37. The van der Waals surface area contributed by atoms with E-state index in [1.807, 2.05) is 14.0 Å². The van der Waals surface area contributed by atoms with Crippen molar-refractivity contribution in [2.24, 2.45) is 0 Å². The predicted octanol–water partition coefficient (Wildman–Crippen LogP) is 2.23. The Hall–Kier alpha value is -0.590. The fourth-order valence-corrected chi connectivity index (χ4v) is 1.60. The van der Waals surface area contributed by atoms with E-state index in [4.69, 9.17) is 10.00 Å². The van der Waals surface area contributed by atoms with Crippen molar-refractivity contribution in [2.75, 3.05) is 13.7 Å². The molecule has 0 aromatic rings. The van der Waals surface area contributed by atoms with Crippen molar-refractivity contribution in [3.63, 3.8) is 0 Å². The van der Waals surface area contributed by atoms with Gasteiger partial charge in [-0.25, -0.2) is 0 Å². The molecule has 1 unspecified atom stereocenters. The Morgan fingerprint density at radius 3 is 2.67 bits per heavy atom. The van der Waals surface area contributed by atoms with Gasteiger partial charge in [0.05, 0.1) is 12.2 Å². The average molecular weight is 210 g/mol. The standard InChI is InChI=1S/C12H22N2O/c1-12(10-13,14-2)8-3-4-9-15-11-6-5-7-11/h11,14H,3-9H2,1-2H3. The highest BCUT2D eigenvalue weighted by Crippen LogP contribution is 2.22. The third-order valence-electron chi connectivity index (χ3n) is 3.28. The Morgan fingerprint density at radius 2 is 2.20 bits per heavy atom.